The van der Waals surface area contributed by atoms with Crippen LogP contribution in [0.3, 0.4) is 0 Å². The predicted octanol–water partition coefficient (Wildman–Crippen LogP) is -0.120. The van der Waals surface area contributed by atoms with Crippen molar-refractivity contribution < 1.29 is 21.4 Å². The Kier molecular flexibility index (Phi) is 4.02. The lowest BCUT2D eigenvalue weighted by Crippen LogP contribution is -2.11. The van der Waals surface area contributed by atoms with E-state index in [4.69, 9.17) is 4.55 Å². The van der Waals surface area contributed by atoms with Crippen LogP contribution in [0, 0.1) is 0 Å². The van der Waals surface area contributed by atoms with Gasteiger partial charge in [0.1, 0.15) is 0 Å². The molecular formula is C3H8O5S2. The lowest BCUT2D eigenvalue weighted by atomic mass is 10.5. The maximum atomic E-state index is 10.3. The first kappa shape index (κ1) is 10.0. The van der Waals surface area contributed by atoms with Gasteiger partial charge in [-0.15, -0.1) is 0 Å². The Hall–Kier alpha value is 0.0200. The highest BCUT2D eigenvalue weighted by molar-refractivity contribution is 8.59. The molecule has 0 aliphatic heterocycles. The van der Waals surface area contributed by atoms with Gasteiger partial charge in [0.25, 0.3) is 0 Å². The average Bonchev–Trinajstić information content (AvgIpc) is 1.84. The zero-order valence-corrected chi connectivity index (χ0v) is 6.94. The first-order valence-corrected chi connectivity index (χ1v) is 5.54. The normalized spacial score (nSPS) is 15.0. The molecule has 0 rings (SSSR count). The van der Waals surface area contributed by atoms with Gasteiger partial charge in [0.2, 0.25) is 0 Å². The van der Waals surface area contributed by atoms with E-state index < -0.39 is 19.3 Å². The van der Waals surface area contributed by atoms with Crippen LogP contribution in [0.2, 0.25) is 0 Å². The van der Waals surface area contributed by atoms with E-state index in [0.717, 1.165) is 0 Å². The quantitative estimate of drug-likeness (QED) is 0.491. The van der Waals surface area contributed by atoms with Gasteiger partial charge >= 0.3 is 19.3 Å². The highest BCUT2D eigenvalue weighted by Crippen LogP contribution is 1.97. The minimum atomic E-state index is -4.23. The van der Waals surface area contributed by atoms with Crippen molar-refractivity contribution in [2.24, 2.45) is 0 Å². The third-order valence-electron chi connectivity index (χ3n) is 0.606. The molecule has 0 radical (unpaired) electrons. The topological polar surface area (TPSA) is 80.7 Å². The molecule has 0 bridgehead atoms. The van der Waals surface area contributed by atoms with E-state index in [0.29, 0.717) is 6.42 Å². The summed E-state index contributed by atoms with van der Waals surface area (Å²) in [5, 5.41) is 0. The minimum Gasteiger partial charge on any atom is -0.292 e. The molecule has 1 atom stereocenters. The molecule has 1 unspecified atom stereocenters. The second-order valence-corrected chi connectivity index (χ2v) is 5.01. The average molecular weight is 188 g/mol. The van der Waals surface area contributed by atoms with Gasteiger partial charge < -0.3 is 0 Å². The minimum absolute atomic E-state index is 0.0609. The Labute approximate surface area is 61.2 Å². The van der Waals surface area contributed by atoms with Gasteiger partial charge in [0.15, 0.2) is 0 Å². The first-order valence-electron chi connectivity index (χ1n) is 2.51. The van der Waals surface area contributed by atoms with E-state index in [2.05, 4.69) is 4.18 Å². The molecule has 1 N–H and O–H groups in total. The Morgan fingerprint density at radius 2 is 2.10 bits per heavy atom. The fourth-order valence-corrected chi connectivity index (χ4v) is 1.13. The first-order chi connectivity index (χ1) is 4.50. The molecule has 0 fully saturated rings. The van der Waals surface area contributed by atoms with Gasteiger partial charge in [-0.2, -0.15) is 8.42 Å². The maximum absolute atomic E-state index is 10.3. The van der Waals surface area contributed by atoms with Crippen LogP contribution in [0.4, 0.5) is 0 Å². The maximum Gasteiger partial charge on any atom is 0.375 e. The molecule has 0 aromatic heterocycles. The number of rotatable bonds is 4. The summed E-state index contributed by atoms with van der Waals surface area (Å²) in [4.78, 5) is 0. The van der Waals surface area contributed by atoms with Gasteiger partial charge in [-0.05, 0) is 6.42 Å². The van der Waals surface area contributed by atoms with E-state index in [-0.39, 0.29) is 6.61 Å². The molecule has 0 aromatic carbocycles. The Balaban J connectivity index is 4.03. The van der Waals surface area contributed by atoms with Crippen molar-refractivity contribution >= 4 is 19.3 Å². The second kappa shape index (κ2) is 4.02. The molecule has 0 aliphatic rings. The van der Waals surface area contributed by atoms with Gasteiger partial charge in [-0.1, -0.05) is 6.92 Å². The van der Waals surface area contributed by atoms with Crippen molar-refractivity contribution in [3.8, 4) is 0 Å². The summed E-state index contributed by atoms with van der Waals surface area (Å²) >= 11 is 0. The standard InChI is InChI=1S/C3H8O5S2/c1-2-3-8-10(6,7)9(4)5/h2-3H2,1H3,(H,4,5). The zero-order valence-electron chi connectivity index (χ0n) is 5.31. The van der Waals surface area contributed by atoms with Crippen molar-refractivity contribution in [3.63, 3.8) is 0 Å². The molecular weight excluding hydrogens is 180 g/mol. The largest absolute Gasteiger partial charge is 0.375 e. The molecule has 7 heteroatoms. The number of hydrogen-bond acceptors (Lipinski definition) is 4. The van der Waals surface area contributed by atoms with Gasteiger partial charge in [-0.3, -0.25) is 8.74 Å². The molecule has 0 amide bonds. The van der Waals surface area contributed by atoms with Gasteiger partial charge in [0.05, 0.1) is 6.61 Å². The van der Waals surface area contributed by atoms with Crippen molar-refractivity contribution in [1.82, 2.24) is 0 Å². The monoisotopic (exact) mass is 188 g/mol. The molecule has 0 heterocycles. The molecule has 0 saturated carbocycles. The summed E-state index contributed by atoms with van der Waals surface area (Å²) in [7, 11) is -7.16. The third-order valence-corrected chi connectivity index (χ3v) is 2.75. The lowest BCUT2D eigenvalue weighted by Gasteiger charge is -1.96. The molecule has 0 saturated heterocycles. The van der Waals surface area contributed by atoms with E-state index in [1.165, 1.54) is 0 Å². The molecule has 0 aromatic rings. The van der Waals surface area contributed by atoms with Crippen molar-refractivity contribution in [3.05, 3.63) is 0 Å². The lowest BCUT2D eigenvalue weighted by molar-refractivity contribution is 0.326. The summed E-state index contributed by atoms with van der Waals surface area (Å²) in [6.45, 7) is 1.63. The predicted molar refractivity (Wildman–Crippen MR) is 35.9 cm³/mol. The van der Waals surface area contributed by atoms with E-state index in [1.54, 1.807) is 6.92 Å². The van der Waals surface area contributed by atoms with Crippen molar-refractivity contribution in [1.29, 1.82) is 0 Å². The second-order valence-electron chi connectivity index (χ2n) is 1.45. The van der Waals surface area contributed by atoms with E-state index in [1.807, 2.05) is 0 Å². The van der Waals surface area contributed by atoms with E-state index >= 15 is 0 Å². The van der Waals surface area contributed by atoms with Crippen LogP contribution in [0.1, 0.15) is 13.3 Å². The summed E-state index contributed by atoms with van der Waals surface area (Å²) in [6, 6.07) is 0. The molecule has 62 valence electrons. The Bertz CT molecular complexity index is 205. The number of hydrogen-bond donors (Lipinski definition) is 1. The fourth-order valence-electron chi connectivity index (χ4n) is 0.227. The highest BCUT2D eigenvalue weighted by atomic mass is 33.2. The van der Waals surface area contributed by atoms with Crippen LogP contribution in [0.5, 0.6) is 0 Å². The highest BCUT2D eigenvalue weighted by Gasteiger charge is 2.17. The molecule has 10 heavy (non-hydrogen) atoms. The van der Waals surface area contributed by atoms with Crippen LogP contribution in [-0.4, -0.2) is 23.8 Å². The Morgan fingerprint density at radius 3 is 2.40 bits per heavy atom. The summed E-state index contributed by atoms with van der Waals surface area (Å²) in [5.41, 5.74) is 0. The fraction of sp³-hybridized carbons (Fsp3) is 1.00. The van der Waals surface area contributed by atoms with Gasteiger partial charge in [0, 0.05) is 0 Å². The van der Waals surface area contributed by atoms with Crippen LogP contribution >= 0.6 is 0 Å². The SMILES string of the molecule is CCCOS(=O)(=O)S(=O)O. The molecule has 5 nitrogen and oxygen atoms in total. The summed E-state index contributed by atoms with van der Waals surface area (Å²) in [5.74, 6) is 0. The third kappa shape index (κ3) is 3.25. The molecule has 0 aliphatic carbocycles. The molecule has 0 spiro atoms. The van der Waals surface area contributed by atoms with E-state index in [9.17, 15) is 12.6 Å². The zero-order chi connectivity index (χ0) is 8.20. The van der Waals surface area contributed by atoms with Crippen molar-refractivity contribution in [2.75, 3.05) is 6.61 Å². The van der Waals surface area contributed by atoms with Crippen LogP contribution < -0.4 is 0 Å². The van der Waals surface area contributed by atoms with Crippen LogP contribution in [0.15, 0.2) is 0 Å². The van der Waals surface area contributed by atoms with Gasteiger partial charge in [-0.25, -0.2) is 4.21 Å². The van der Waals surface area contributed by atoms with Crippen LogP contribution in [-0.2, 0) is 23.4 Å². The summed E-state index contributed by atoms with van der Waals surface area (Å²) in [6.07, 6.45) is 0.483. The van der Waals surface area contributed by atoms with Crippen LogP contribution in [0.25, 0.3) is 0 Å². The Morgan fingerprint density at radius 1 is 1.60 bits per heavy atom. The smallest absolute Gasteiger partial charge is 0.292 e. The summed E-state index contributed by atoms with van der Waals surface area (Å²) < 4.78 is 42.7. The van der Waals surface area contributed by atoms with Crippen molar-refractivity contribution in [2.45, 2.75) is 13.3 Å².